The summed E-state index contributed by atoms with van der Waals surface area (Å²) in [7, 11) is 0. The predicted octanol–water partition coefficient (Wildman–Crippen LogP) is 1.01. The molecule has 0 bridgehead atoms. The summed E-state index contributed by atoms with van der Waals surface area (Å²) >= 11 is 0. The first-order valence-corrected chi connectivity index (χ1v) is 7.42. The van der Waals surface area contributed by atoms with E-state index in [0.29, 0.717) is 23.8 Å². The second kappa shape index (κ2) is 5.57. The second-order valence-corrected chi connectivity index (χ2v) is 6.02. The summed E-state index contributed by atoms with van der Waals surface area (Å²) < 4.78 is 5.45. The maximum absolute atomic E-state index is 11.6. The Labute approximate surface area is 109 Å². The van der Waals surface area contributed by atoms with Crippen LogP contribution in [0.2, 0.25) is 0 Å². The lowest BCUT2D eigenvalue weighted by molar-refractivity contribution is -0.122. The van der Waals surface area contributed by atoms with Crippen molar-refractivity contribution in [1.82, 2.24) is 10.2 Å². The monoisotopic (exact) mass is 252 g/mol. The van der Waals surface area contributed by atoms with Gasteiger partial charge in [0.2, 0.25) is 5.91 Å². The summed E-state index contributed by atoms with van der Waals surface area (Å²) in [5, 5.41) is 3.12. The zero-order valence-electron chi connectivity index (χ0n) is 11.1. The molecule has 2 heterocycles. The van der Waals surface area contributed by atoms with Crippen LogP contribution in [0.4, 0.5) is 0 Å². The summed E-state index contributed by atoms with van der Waals surface area (Å²) in [6.07, 6.45) is 5.85. The molecule has 3 rings (SSSR count). The van der Waals surface area contributed by atoms with Gasteiger partial charge in [0, 0.05) is 25.1 Å². The van der Waals surface area contributed by atoms with Crippen LogP contribution in [0, 0.1) is 11.8 Å². The van der Waals surface area contributed by atoms with Crippen molar-refractivity contribution in [3.05, 3.63) is 0 Å². The van der Waals surface area contributed by atoms with E-state index in [1.165, 1.54) is 32.4 Å². The normalized spacial score (nSPS) is 30.6. The van der Waals surface area contributed by atoms with E-state index < -0.39 is 0 Å². The first-order chi connectivity index (χ1) is 8.83. The first-order valence-electron chi connectivity index (χ1n) is 7.42. The predicted molar refractivity (Wildman–Crippen MR) is 69.3 cm³/mol. The van der Waals surface area contributed by atoms with Gasteiger partial charge >= 0.3 is 0 Å². The number of nitrogens with one attached hydrogen (secondary N) is 1. The summed E-state index contributed by atoms with van der Waals surface area (Å²) in [5.41, 5.74) is 0. The molecule has 2 saturated heterocycles. The second-order valence-electron chi connectivity index (χ2n) is 6.02. The third-order valence-electron chi connectivity index (χ3n) is 4.58. The lowest BCUT2D eigenvalue weighted by atomic mass is 9.95. The standard InChI is InChI=1S/C14H24N2O2/c17-14(12-1-2-12)15-9-11-3-6-16(7-4-11)13-5-8-18-10-13/h11-13H,1-10H2,(H,15,17). The van der Waals surface area contributed by atoms with E-state index in [1.54, 1.807) is 0 Å². The van der Waals surface area contributed by atoms with Crippen LogP contribution < -0.4 is 5.32 Å². The van der Waals surface area contributed by atoms with Gasteiger partial charge < -0.3 is 10.1 Å². The maximum atomic E-state index is 11.6. The van der Waals surface area contributed by atoms with E-state index in [9.17, 15) is 4.79 Å². The van der Waals surface area contributed by atoms with Gasteiger partial charge in [-0.2, -0.15) is 0 Å². The molecule has 3 fully saturated rings. The highest BCUT2D eigenvalue weighted by Gasteiger charge is 2.31. The fourth-order valence-corrected chi connectivity index (χ4v) is 3.07. The fourth-order valence-electron chi connectivity index (χ4n) is 3.07. The molecule has 1 aliphatic carbocycles. The van der Waals surface area contributed by atoms with Gasteiger partial charge in [-0.1, -0.05) is 0 Å². The van der Waals surface area contributed by atoms with Gasteiger partial charge in [-0.25, -0.2) is 0 Å². The average Bonchev–Trinajstić information content (AvgIpc) is 3.12. The fraction of sp³-hybridized carbons (Fsp3) is 0.929. The molecule has 1 unspecified atom stereocenters. The molecule has 1 amide bonds. The number of piperidine rings is 1. The highest BCUT2D eigenvalue weighted by atomic mass is 16.5. The minimum atomic E-state index is 0.293. The molecular weight excluding hydrogens is 228 g/mol. The molecule has 3 aliphatic rings. The van der Waals surface area contributed by atoms with Crippen molar-refractivity contribution in [2.75, 3.05) is 32.8 Å². The molecule has 0 aromatic carbocycles. The number of likely N-dealkylation sites (tertiary alicyclic amines) is 1. The Kier molecular flexibility index (Phi) is 3.85. The van der Waals surface area contributed by atoms with Crippen LogP contribution in [0.1, 0.15) is 32.1 Å². The van der Waals surface area contributed by atoms with Crippen molar-refractivity contribution in [1.29, 1.82) is 0 Å². The molecule has 0 aromatic rings. The number of carbonyl (C=O) groups is 1. The molecule has 0 radical (unpaired) electrons. The van der Waals surface area contributed by atoms with Crippen LogP contribution in [0.5, 0.6) is 0 Å². The Morgan fingerprint density at radius 2 is 1.94 bits per heavy atom. The lowest BCUT2D eigenvalue weighted by Crippen LogP contribution is -2.44. The van der Waals surface area contributed by atoms with Gasteiger partial charge in [-0.15, -0.1) is 0 Å². The van der Waals surface area contributed by atoms with E-state index in [-0.39, 0.29) is 0 Å². The average molecular weight is 252 g/mol. The highest BCUT2D eigenvalue weighted by Crippen LogP contribution is 2.29. The molecular formula is C14H24N2O2. The zero-order valence-corrected chi connectivity index (χ0v) is 11.1. The first kappa shape index (κ1) is 12.4. The van der Waals surface area contributed by atoms with Crippen molar-refractivity contribution in [3.8, 4) is 0 Å². The van der Waals surface area contributed by atoms with E-state index in [2.05, 4.69) is 10.2 Å². The van der Waals surface area contributed by atoms with Crippen molar-refractivity contribution in [2.24, 2.45) is 11.8 Å². The maximum Gasteiger partial charge on any atom is 0.223 e. The van der Waals surface area contributed by atoms with E-state index in [0.717, 1.165) is 32.6 Å². The molecule has 1 atom stereocenters. The number of hydrogen-bond acceptors (Lipinski definition) is 3. The summed E-state index contributed by atoms with van der Waals surface area (Å²) in [5.74, 6) is 1.33. The van der Waals surface area contributed by atoms with Gasteiger partial charge in [-0.3, -0.25) is 9.69 Å². The van der Waals surface area contributed by atoms with Crippen molar-refractivity contribution in [2.45, 2.75) is 38.1 Å². The quantitative estimate of drug-likeness (QED) is 0.812. The lowest BCUT2D eigenvalue weighted by Gasteiger charge is -2.35. The highest BCUT2D eigenvalue weighted by molar-refractivity contribution is 5.80. The smallest absolute Gasteiger partial charge is 0.223 e. The van der Waals surface area contributed by atoms with E-state index in [1.807, 2.05) is 0 Å². The van der Waals surface area contributed by atoms with Gasteiger partial charge in [0.1, 0.15) is 0 Å². The number of nitrogens with zero attached hydrogens (tertiary/aromatic N) is 1. The molecule has 102 valence electrons. The Balaban J connectivity index is 1.35. The zero-order chi connectivity index (χ0) is 12.4. The molecule has 4 heteroatoms. The van der Waals surface area contributed by atoms with Crippen molar-refractivity contribution >= 4 is 5.91 Å². The van der Waals surface area contributed by atoms with Gasteiger partial charge in [0.25, 0.3) is 0 Å². The van der Waals surface area contributed by atoms with Gasteiger partial charge in [-0.05, 0) is 51.1 Å². The van der Waals surface area contributed by atoms with Crippen LogP contribution in [-0.2, 0) is 9.53 Å². The number of hydrogen-bond donors (Lipinski definition) is 1. The van der Waals surface area contributed by atoms with Crippen molar-refractivity contribution in [3.63, 3.8) is 0 Å². The Morgan fingerprint density at radius 1 is 1.17 bits per heavy atom. The van der Waals surface area contributed by atoms with E-state index in [4.69, 9.17) is 4.74 Å². The third kappa shape index (κ3) is 3.04. The molecule has 0 spiro atoms. The molecule has 18 heavy (non-hydrogen) atoms. The SMILES string of the molecule is O=C(NCC1CCN(C2CCOC2)CC1)C1CC1. The Hall–Kier alpha value is -0.610. The summed E-state index contributed by atoms with van der Waals surface area (Å²) in [6.45, 7) is 5.10. The topological polar surface area (TPSA) is 41.6 Å². The molecule has 0 aromatic heterocycles. The minimum Gasteiger partial charge on any atom is -0.380 e. The Morgan fingerprint density at radius 3 is 2.56 bits per heavy atom. The number of ether oxygens (including phenoxy) is 1. The Bertz CT molecular complexity index is 290. The molecule has 1 saturated carbocycles. The van der Waals surface area contributed by atoms with Crippen LogP contribution in [0.25, 0.3) is 0 Å². The number of amides is 1. The van der Waals surface area contributed by atoms with Crippen LogP contribution in [0.3, 0.4) is 0 Å². The largest absolute Gasteiger partial charge is 0.380 e. The van der Waals surface area contributed by atoms with Gasteiger partial charge in [0.15, 0.2) is 0 Å². The molecule has 2 aliphatic heterocycles. The van der Waals surface area contributed by atoms with Crippen molar-refractivity contribution < 1.29 is 9.53 Å². The molecule has 1 N–H and O–H groups in total. The summed E-state index contributed by atoms with van der Waals surface area (Å²) in [6, 6.07) is 0.659. The number of rotatable bonds is 4. The van der Waals surface area contributed by atoms with Crippen LogP contribution in [0.15, 0.2) is 0 Å². The number of carbonyl (C=O) groups excluding carboxylic acids is 1. The van der Waals surface area contributed by atoms with Crippen LogP contribution in [-0.4, -0.2) is 49.7 Å². The third-order valence-corrected chi connectivity index (χ3v) is 4.58. The minimum absolute atomic E-state index is 0.293. The van der Waals surface area contributed by atoms with Gasteiger partial charge in [0.05, 0.1) is 6.61 Å². The van der Waals surface area contributed by atoms with E-state index >= 15 is 0 Å². The van der Waals surface area contributed by atoms with Crippen LogP contribution >= 0.6 is 0 Å². The summed E-state index contributed by atoms with van der Waals surface area (Å²) in [4.78, 5) is 14.2. The molecule has 4 nitrogen and oxygen atoms in total.